The summed E-state index contributed by atoms with van der Waals surface area (Å²) in [5.41, 5.74) is 0. The van der Waals surface area contributed by atoms with E-state index in [0.29, 0.717) is 0 Å². The van der Waals surface area contributed by atoms with Crippen LogP contribution in [-0.2, 0) is 59.1 Å². The van der Waals surface area contributed by atoms with Crippen molar-refractivity contribution in [1.82, 2.24) is 0 Å². The van der Waals surface area contributed by atoms with E-state index < -0.39 is 22.7 Å². The van der Waals surface area contributed by atoms with Crippen LogP contribution in [0.25, 0.3) is 0 Å². The molecule has 0 rings (SSSR count). The molecule has 0 atom stereocenters. The monoisotopic (exact) mass is 233 g/mol. The Balaban J connectivity index is 0. The van der Waals surface area contributed by atoms with E-state index in [1.807, 2.05) is 0 Å². The van der Waals surface area contributed by atoms with Crippen molar-refractivity contribution in [3.63, 3.8) is 0 Å². The quantitative estimate of drug-likeness (QED) is 0.546. The molecule has 0 heterocycles. The fourth-order valence-corrected chi connectivity index (χ4v) is 0.408. The first-order chi connectivity index (χ1) is 3.13. The third-order valence-corrected chi connectivity index (χ3v) is 1.00. The van der Waals surface area contributed by atoms with Crippen LogP contribution in [0, 0.1) is 0 Å². The van der Waals surface area contributed by atoms with Crippen LogP contribution >= 0.6 is 0 Å². The Bertz CT molecular complexity index is 86.6. The molecule has 0 amide bonds. The molecule has 0 aliphatic rings. The summed E-state index contributed by atoms with van der Waals surface area (Å²) in [6.45, 7) is 0. The summed E-state index contributed by atoms with van der Waals surface area (Å²) in [6, 6.07) is 0. The molecule has 0 N–H and O–H groups in total. The summed E-state index contributed by atoms with van der Waals surface area (Å²) in [7, 11) is 0. The van der Waals surface area contributed by atoms with Gasteiger partial charge in [0.05, 0.1) is 22.7 Å². The van der Waals surface area contributed by atoms with Crippen LogP contribution in [0.5, 0.6) is 0 Å². The fourth-order valence-electron chi connectivity index (χ4n) is 0.0454. The molecule has 1 radical (unpaired) electrons. The second-order valence-electron chi connectivity index (χ2n) is 0.476. The zero-order chi connectivity index (χ0) is 5.86. The zero-order valence-electron chi connectivity index (χ0n) is 3.44. The standard InChI is InChI=1S/H2O5S2.Y/c1-6(2)5-7(3)4;/h(H,1,2)(H,3,4);/p-2. The van der Waals surface area contributed by atoms with Gasteiger partial charge in [0, 0.05) is 32.7 Å². The molecule has 0 aromatic carbocycles. The molecule has 47 valence electrons. The van der Waals surface area contributed by atoms with Crippen molar-refractivity contribution < 1.29 is 53.9 Å². The second-order valence-corrected chi connectivity index (χ2v) is 1.84. The van der Waals surface area contributed by atoms with E-state index in [1.165, 1.54) is 0 Å². The van der Waals surface area contributed by atoms with Gasteiger partial charge in [0.15, 0.2) is 0 Å². The number of hydrogen-bond donors (Lipinski definition) is 0. The van der Waals surface area contributed by atoms with E-state index in [4.69, 9.17) is 0 Å². The van der Waals surface area contributed by atoms with E-state index in [2.05, 4.69) is 3.63 Å². The largest absolute Gasteiger partial charge is 0.749 e. The van der Waals surface area contributed by atoms with Crippen LogP contribution in [0.3, 0.4) is 0 Å². The summed E-state index contributed by atoms with van der Waals surface area (Å²) < 4.78 is 39.9. The topological polar surface area (TPSA) is 89.5 Å². The van der Waals surface area contributed by atoms with E-state index in [0.717, 1.165) is 0 Å². The Hall–Kier alpha value is 1.28. The molecule has 0 bridgehead atoms. The second kappa shape index (κ2) is 6.40. The Morgan fingerprint density at radius 1 is 1.12 bits per heavy atom. The Morgan fingerprint density at radius 3 is 1.38 bits per heavy atom. The van der Waals surface area contributed by atoms with Crippen LogP contribution in [0.1, 0.15) is 0 Å². The predicted molar refractivity (Wildman–Crippen MR) is 18.9 cm³/mol. The molecule has 8 heavy (non-hydrogen) atoms. The van der Waals surface area contributed by atoms with Gasteiger partial charge in [-0.15, -0.1) is 0 Å². The number of hydrogen-bond acceptors (Lipinski definition) is 5. The maximum atomic E-state index is 9.19. The van der Waals surface area contributed by atoms with Crippen LogP contribution in [0.4, 0.5) is 0 Å². The molecule has 0 fully saturated rings. The summed E-state index contributed by atoms with van der Waals surface area (Å²) in [6.07, 6.45) is 0. The first-order valence-corrected chi connectivity index (χ1v) is 3.00. The third kappa shape index (κ3) is 10.3. The van der Waals surface area contributed by atoms with Crippen molar-refractivity contribution in [2.24, 2.45) is 0 Å². The minimum Gasteiger partial charge on any atom is -0.749 e. The molecular formula is O5S2Y-2. The SMILES string of the molecule is O=S([O-])OS(=O)[O-].[Y]. The van der Waals surface area contributed by atoms with Gasteiger partial charge < -0.3 is 9.11 Å². The Labute approximate surface area is 76.0 Å². The van der Waals surface area contributed by atoms with Gasteiger partial charge in [0.25, 0.3) is 0 Å². The maximum absolute atomic E-state index is 9.19. The Kier molecular flexibility index (Phi) is 9.61. The normalized spacial score (nSPS) is 16.2. The average Bonchev–Trinajstić information content (AvgIpc) is 1.27. The number of rotatable bonds is 2. The van der Waals surface area contributed by atoms with Gasteiger partial charge in [-0.05, 0) is 0 Å². The Morgan fingerprint density at radius 2 is 1.38 bits per heavy atom. The van der Waals surface area contributed by atoms with Gasteiger partial charge in [-0.1, -0.05) is 0 Å². The van der Waals surface area contributed by atoms with Gasteiger partial charge >= 0.3 is 0 Å². The molecule has 0 saturated heterocycles. The molecule has 0 spiro atoms. The van der Waals surface area contributed by atoms with E-state index >= 15 is 0 Å². The van der Waals surface area contributed by atoms with Gasteiger partial charge in [-0.25, -0.2) is 12.0 Å². The molecule has 0 aliphatic carbocycles. The molecule has 5 nitrogen and oxygen atoms in total. The molecular weight excluding hydrogens is 233 g/mol. The van der Waals surface area contributed by atoms with Crippen LogP contribution in [0.2, 0.25) is 0 Å². The molecule has 0 aromatic rings. The van der Waals surface area contributed by atoms with Gasteiger partial charge in [-0.3, -0.25) is 0 Å². The first kappa shape index (κ1) is 12.0. The van der Waals surface area contributed by atoms with Crippen molar-refractivity contribution >= 4 is 22.7 Å². The smallest absolute Gasteiger partial charge is 0.0994 e. The minimum atomic E-state index is -2.96. The average molecular weight is 233 g/mol. The van der Waals surface area contributed by atoms with Crippen LogP contribution in [0.15, 0.2) is 0 Å². The van der Waals surface area contributed by atoms with Crippen molar-refractivity contribution in [3.8, 4) is 0 Å². The van der Waals surface area contributed by atoms with Crippen molar-refractivity contribution in [2.75, 3.05) is 0 Å². The van der Waals surface area contributed by atoms with Crippen molar-refractivity contribution in [3.05, 3.63) is 0 Å². The molecule has 0 saturated carbocycles. The third-order valence-electron chi connectivity index (χ3n) is 0.111. The fraction of sp³-hybridized carbons (Fsp3) is 0. The van der Waals surface area contributed by atoms with E-state index in [-0.39, 0.29) is 32.7 Å². The first-order valence-electron chi connectivity index (χ1n) is 1.00. The van der Waals surface area contributed by atoms with Crippen LogP contribution < -0.4 is 0 Å². The van der Waals surface area contributed by atoms with Crippen molar-refractivity contribution in [2.45, 2.75) is 0 Å². The summed E-state index contributed by atoms with van der Waals surface area (Å²) >= 11 is -5.92. The molecule has 0 aromatic heterocycles. The van der Waals surface area contributed by atoms with Crippen molar-refractivity contribution in [1.29, 1.82) is 0 Å². The zero-order valence-corrected chi connectivity index (χ0v) is 7.91. The van der Waals surface area contributed by atoms with E-state index in [9.17, 15) is 17.5 Å². The van der Waals surface area contributed by atoms with Gasteiger partial charge in [0.2, 0.25) is 0 Å². The summed E-state index contributed by atoms with van der Waals surface area (Å²) in [4.78, 5) is 0. The van der Waals surface area contributed by atoms with Crippen LogP contribution in [-0.4, -0.2) is 17.5 Å². The van der Waals surface area contributed by atoms with E-state index in [1.54, 1.807) is 0 Å². The summed E-state index contributed by atoms with van der Waals surface area (Å²) in [5.74, 6) is 0. The molecule has 0 unspecified atom stereocenters. The van der Waals surface area contributed by atoms with Gasteiger partial charge in [-0.2, -0.15) is 0 Å². The minimum absolute atomic E-state index is 0. The maximum Gasteiger partial charge on any atom is 0.0994 e. The van der Waals surface area contributed by atoms with Gasteiger partial charge in [0.1, 0.15) is 0 Å². The predicted octanol–water partition coefficient (Wildman–Crippen LogP) is -1.41. The molecule has 0 aliphatic heterocycles. The molecule has 8 heteroatoms. The summed E-state index contributed by atoms with van der Waals surface area (Å²) in [5, 5.41) is 0.